The van der Waals surface area contributed by atoms with Crippen molar-refractivity contribution in [2.75, 3.05) is 13.6 Å². The number of sulfone groups is 1. The number of aliphatic hydroxyl groups excluding tert-OH is 1. The van der Waals surface area contributed by atoms with Crippen LogP contribution in [0.15, 0.2) is 46.7 Å². The van der Waals surface area contributed by atoms with Crippen molar-refractivity contribution in [1.82, 2.24) is 4.90 Å². The Bertz CT molecular complexity index is 618. The first-order valence-corrected chi connectivity index (χ1v) is 8.34. The van der Waals surface area contributed by atoms with Gasteiger partial charge in [-0.2, -0.15) is 0 Å². The average Bonchev–Trinajstić information content (AvgIpc) is 2.44. The molecule has 0 saturated heterocycles. The summed E-state index contributed by atoms with van der Waals surface area (Å²) < 4.78 is 24.0. The first-order valence-electron chi connectivity index (χ1n) is 6.80. The summed E-state index contributed by atoms with van der Waals surface area (Å²) in [6.07, 6.45) is 2.22. The fourth-order valence-electron chi connectivity index (χ4n) is 2.29. The molecule has 2 rings (SSSR count). The predicted molar refractivity (Wildman–Crippen MR) is 79.1 cm³/mol. The second-order valence-corrected chi connectivity index (χ2v) is 7.20. The summed E-state index contributed by atoms with van der Waals surface area (Å²) in [4.78, 5) is 13.5. The Morgan fingerprint density at radius 3 is 2.52 bits per heavy atom. The molecule has 0 heterocycles. The van der Waals surface area contributed by atoms with Crippen LogP contribution < -0.4 is 0 Å². The van der Waals surface area contributed by atoms with E-state index in [-0.39, 0.29) is 16.9 Å². The van der Waals surface area contributed by atoms with Crippen LogP contribution in [0, 0.1) is 5.92 Å². The van der Waals surface area contributed by atoms with E-state index in [9.17, 15) is 18.3 Å². The maximum atomic E-state index is 12.0. The molecule has 1 aliphatic carbocycles. The van der Waals surface area contributed by atoms with Gasteiger partial charge in [0.05, 0.1) is 11.0 Å². The van der Waals surface area contributed by atoms with Crippen LogP contribution in [0.5, 0.6) is 0 Å². The summed E-state index contributed by atoms with van der Waals surface area (Å²) in [5.41, 5.74) is 0. The van der Waals surface area contributed by atoms with Gasteiger partial charge in [-0.1, -0.05) is 18.2 Å². The molecule has 1 N–H and O–H groups in total. The van der Waals surface area contributed by atoms with E-state index < -0.39 is 9.84 Å². The summed E-state index contributed by atoms with van der Waals surface area (Å²) in [6.45, 7) is 0.533. The molecule has 0 radical (unpaired) electrons. The Balaban J connectivity index is 1.95. The standard InChI is InChI=1S/C15H19NO4S/c1-16(11-12-9-13(17)10-12)15(18)7-8-21(19,20)14-5-3-2-4-6-14/h2-8,12-13,17H,9-11H2,1H3. The topological polar surface area (TPSA) is 74.7 Å². The SMILES string of the molecule is CN(CC1CC(O)C1)C(=O)C=CS(=O)(=O)c1ccccc1. The van der Waals surface area contributed by atoms with Gasteiger partial charge in [-0.15, -0.1) is 0 Å². The van der Waals surface area contributed by atoms with E-state index >= 15 is 0 Å². The second kappa shape index (κ2) is 6.41. The number of likely N-dealkylation sites (N-methyl/N-ethyl adjacent to an activating group) is 1. The lowest BCUT2D eigenvalue weighted by Crippen LogP contribution is -2.39. The van der Waals surface area contributed by atoms with Crippen molar-refractivity contribution in [2.45, 2.75) is 23.8 Å². The summed E-state index contributed by atoms with van der Waals surface area (Å²) in [5, 5.41) is 10.2. The summed E-state index contributed by atoms with van der Waals surface area (Å²) in [7, 11) is -1.95. The Kier molecular flexibility index (Phi) is 4.80. The summed E-state index contributed by atoms with van der Waals surface area (Å²) >= 11 is 0. The van der Waals surface area contributed by atoms with E-state index in [1.54, 1.807) is 25.2 Å². The average molecular weight is 309 g/mol. The fourth-order valence-corrected chi connectivity index (χ4v) is 3.28. The molecular formula is C15H19NO4S. The number of hydrogen-bond acceptors (Lipinski definition) is 4. The third-order valence-electron chi connectivity index (χ3n) is 3.58. The Hall–Kier alpha value is -1.66. The van der Waals surface area contributed by atoms with Crippen molar-refractivity contribution in [1.29, 1.82) is 0 Å². The smallest absolute Gasteiger partial charge is 0.247 e. The lowest BCUT2D eigenvalue weighted by atomic mass is 9.82. The van der Waals surface area contributed by atoms with Gasteiger partial charge in [0.2, 0.25) is 5.91 Å². The molecule has 0 spiro atoms. The monoisotopic (exact) mass is 309 g/mol. The van der Waals surface area contributed by atoms with Crippen molar-refractivity contribution in [2.24, 2.45) is 5.92 Å². The molecule has 1 amide bonds. The Labute approximate surface area is 124 Å². The number of hydrogen-bond donors (Lipinski definition) is 1. The zero-order valence-corrected chi connectivity index (χ0v) is 12.7. The maximum Gasteiger partial charge on any atom is 0.247 e. The highest BCUT2D eigenvalue weighted by atomic mass is 32.2. The van der Waals surface area contributed by atoms with E-state index in [1.165, 1.54) is 17.0 Å². The normalized spacial score (nSPS) is 22.0. The Morgan fingerprint density at radius 2 is 1.95 bits per heavy atom. The lowest BCUT2D eigenvalue weighted by Gasteiger charge is -2.34. The molecule has 5 nitrogen and oxygen atoms in total. The molecular weight excluding hydrogens is 290 g/mol. The number of benzene rings is 1. The number of carbonyl (C=O) groups is 1. The molecule has 1 fully saturated rings. The van der Waals surface area contributed by atoms with E-state index in [1.807, 2.05) is 0 Å². The quantitative estimate of drug-likeness (QED) is 0.830. The summed E-state index contributed by atoms with van der Waals surface area (Å²) in [5.74, 6) is -0.0519. The molecule has 0 unspecified atom stereocenters. The van der Waals surface area contributed by atoms with Crippen molar-refractivity contribution in [3.8, 4) is 0 Å². The highest BCUT2D eigenvalue weighted by Crippen LogP contribution is 2.27. The fraction of sp³-hybridized carbons (Fsp3) is 0.400. The van der Waals surface area contributed by atoms with Crippen molar-refractivity contribution in [3.63, 3.8) is 0 Å². The van der Waals surface area contributed by atoms with Crippen LogP contribution >= 0.6 is 0 Å². The number of nitrogens with zero attached hydrogens (tertiary/aromatic N) is 1. The highest BCUT2D eigenvalue weighted by Gasteiger charge is 2.28. The zero-order valence-electron chi connectivity index (χ0n) is 11.8. The number of rotatable bonds is 5. The van der Waals surface area contributed by atoms with Crippen molar-refractivity contribution >= 4 is 15.7 Å². The van der Waals surface area contributed by atoms with Crippen molar-refractivity contribution in [3.05, 3.63) is 41.8 Å². The van der Waals surface area contributed by atoms with Crippen LogP contribution in [0.2, 0.25) is 0 Å². The van der Waals surface area contributed by atoms with Gasteiger partial charge in [-0.25, -0.2) is 8.42 Å². The number of aliphatic hydroxyl groups is 1. The van der Waals surface area contributed by atoms with Crippen LogP contribution in [-0.2, 0) is 14.6 Å². The molecule has 21 heavy (non-hydrogen) atoms. The first kappa shape index (κ1) is 15.7. The molecule has 0 aromatic heterocycles. The third-order valence-corrected chi connectivity index (χ3v) is 5.00. The van der Waals surface area contributed by atoms with E-state index in [2.05, 4.69) is 0 Å². The minimum absolute atomic E-state index is 0.166. The van der Waals surface area contributed by atoms with Crippen LogP contribution in [0.3, 0.4) is 0 Å². The minimum atomic E-state index is -3.59. The van der Waals surface area contributed by atoms with Crippen molar-refractivity contribution < 1.29 is 18.3 Å². The molecule has 1 aliphatic rings. The molecule has 1 saturated carbocycles. The van der Waals surface area contributed by atoms with E-state index in [4.69, 9.17) is 0 Å². The van der Waals surface area contributed by atoms with Gasteiger partial charge in [-0.05, 0) is 30.9 Å². The van der Waals surface area contributed by atoms with Crippen LogP contribution in [0.25, 0.3) is 0 Å². The molecule has 1 aromatic rings. The first-order chi connectivity index (χ1) is 9.88. The third kappa shape index (κ3) is 4.15. The van der Waals surface area contributed by atoms with Gasteiger partial charge in [-0.3, -0.25) is 4.79 Å². The minimum Gasteiger partial charge on any atom is -0.393 e. The van der Waals surface area contributed by atoms with Gasteiger partial charge in [0, 0.05) is 25.1 Å². The van der Waals surface area contributed by atoms with E-state index in [0.29, 0.717) is 25.3 Å². The Morgan fingerprint density at radius 1 is 1.33 bits per heavy atom. The van der Waals surface area contributed by atoms with Crippen LogP contribution in [0.1, 0.15) is 12.8 Å². The largest absolute Gasteiger partial charge is 0.393 e. The molecule has 1 aromatic carbocycles. The van der Waals surface area contributed by atoms with Gasteiger partial charge >= 0.3 is 0 Å². The number of amides is 1. The van der Waals surface area contributed by atoms with Gasteiger partial charge in [0.15, 0.2) is 9.84 Å². The zero-order chi connectivity index (χ0) is 15.5. The lowest BCUT2D eigenvalue weighted by molar-refractivity contribution is -0.126. The van der Waals surface area contributed by atoms with Crippen LogP contribution in [-0.4, -0.2) is 44.0 Å². The summed E-state index contributed by atoms with van der Waals surface area (Å²) in [6, 6.07) is 7.98. The molecule has 0 bridgehead atoms. The van der Waals surface area contributed by atoms with Gasteiger partial charge < -0.3 is 10.0 Å². The van der Waals surface area contributed by atoms with Crippen LogP contribution in [0.4, 0.5) is 0 Å². The molecule has 0 atom stereocenters. The maximum absolute atomic E-state index is 12.0. The second-order valence-electron chi connectivity index (χ2n) is 5.37. The molecule has 6 heteroatoms. The van der Waals surface area contributed by atoms with Gasteiger partial charge in [0.1, 0.15) is 0 Å². The molecule has 0 aliphatic heterocycles. The van der Waals surface area contributed by atoms with E-state index in [0.717, 1.165) is 11.5 Å². The highest BCUT2D eigenvalue weighted by molar-refractivity contribution is 7.94. The number of carbonyl (C=O) groups excluding carboxylic acids is 1. The van der Waals surface area contributed by atoms with Gasteiger partial charge in [0.25, 0.3) is 0 Å². The molecule has 114 valence electrons. The predicted octanol–water partition coefficient (Wildman–Crippen LogP) is 1.20.